The number of hydrogen-bond donors (Lipinski definition) is 0. The quantitative estimate of drug-likeness (QED) is 0.171. The lowest BCUT2D eigenvalue weighted by Crippen LogP contribution is -2.26. The van der Waals surface area contributed by atoms with E-state index in [1.54, 1.807) is 0 Å². The first kappa shape index (κ1) is 32.1. The zero-order valence-corrected chi connectivity index (χ0v) is 31.1. The van der Waals surface area contributed by atoms with Crippen LogP contribution < -0.4 is 0 Å². The summed E-state index contributed by atoms with van der Waals surface area (Å²) in [4.78, 5) is 10.7. The minimum absolute atomic E-state index is 0.0189. The Labute approximate surface area is 315 Å². The fraction of sp³-hybridized carbons (Fsp3) is 0.184. The highest BCUT2D eigenvalue weighted by molar-refractivity contribution is 7.26. The van der Waals surface area contributed by atoms with Crippen molar-refractivity contribution in [1.82, 2.24) is 4.57 Å². The molecule has 53 heavy (non-hydrogen) atoms. The molecule has 7 aromatic rings. The third kappa shape index (κ3) is 5.38. The van der Waals surface area contributed by atoms with Gasteiger partial charge in [0, 0.05) is 65.8 Å². The topological polar surface area (TPSA) is 29.6 Å². The van der Waals surface area contributed by atoms with Gasteiger partial charge in [-0.25, -0.2) is 4.99 Å². The van der Waals surface area contributed by atoms with Crippen LogP contribution in [0.1, 0.15) is 83.9 Å². The van der Waals surface area contributed by atoms with Gasteiger partial charge < -0.3 is 4.57 Å². The van der Waals surface area contributed by atoms with E-state index in [-0.39, 0.29) is 12.0 Å². The van der Waals surface area contributed by atoms with E-state index < -0.39 is 0 Å². The molecule has 3 aliphatic rings. The average molecular weight is 704 g/mol. The number of rotatable bonds is 5. The monoisotopic (exact) mass is 703 g/mol. The molecule has 2 aromatic heterocycles. The Hall–Kier alpha value is -5.58. The predicted octanol–water partition coefficient (Wildman–Crippen LogP) is 12.7. The van der Waals surface area contributed by atoms with Gasteiger partial charge in [0.15, 0.2) is 5.84 Å². The Morgan fingerprint density at radius 3 is 2.28 bits per heavy atom. The summed E-state index contributed by atoms with van der Waals surface area (Å²) in [6.07, 6.45) is 9.31. The van der Waals surface area contributed by atoms with Crippen LogP contribution in [0.25, 0.3) is 43.6 Å². The second-order valence-electron chi connectivity index (χ2n) is 15.1. The van der Waals surface area contributed by atoms with E-state index in [4.69, 9.17) is 9.98 Å². The van der Waals surface area contributed by atoms with Crippen molar-refractivity contribution in [3.05, 3.63) is 178 Å². The molecule has 0 N–H and O–H groups in total. The van der Waals surface area contributed by atoms with Gasteiger partial charge in [-0.3, -0.25) is 4.99 Å². The van der Waals surface area contributed by atoms with Crippen molar-refractivity contribution >= 4 is 60.8 Å². The van der Waals surface area contributed by atoms with Crippen LogP contribution in [-0.4, -0.2) is 16.1 Å². The number of aromatic nitrogens is 1. The van der Waals surface area contributed by atoms with E-state index >= 15 is 0 Å². The van der Waals surface area contributed by atoms with Gasteiger partial charge >= 0.3 is 0 Å². The normalized spacial score (nSPS) is 20.8. The van der Waals surface area contributed by atoms with Gasteiger partial charge in [0.1, 0.15) is 0 Å². The number of amidine groups is 1. The first-order chi connectivity index (χ1) is 26.0. The maximum Gasteiger partial charge on any atom is 0.155 e. The fourth-order valence-corrected chi connectivity index (χ4v) is 10.2. The Morgan fingerprint density at radius 1 is 0.698 bits per heavy atom. The largest absolute Gasteiger partial charge is 0.316 e. The van der Waals surface area contributed by atoms with Crippen LogP contribution in [0.2, 0.25) is 0 Å². The summed E-state index contributed by atoms with van der Waals surface area (Å²) < 4.78 is 5.34. The molecule has 5 aromatic carbocycles. The Kier molecular flexibility index (Phi) is 7.77. The molecule has 4 heteroatoms. The molecule has 4 atom stereocenters. The average Bonchev–Trinajstić information content (AvgIpc) is 3.74. The summed E-state index contributed by atoms with van der Waals surface area (Å²) in [5, 5.41) is 2.72. The molecule has 0 fully saturated rings. The summed E-state index contributed by atoms with van der Waals surface area (Å²) in [7, 11) is 0. The van der Waals surface area contributed by atoms with Gasteiger partial charge in [-0.1, -0.05) is 142 Å². The summed E-state index contributed by atoms with van der Waals surface area (Å²) in [6.45, 7) is 7.02. The highest BCUT2D eigenvalue weighted by atomic mass is 32.1. The van der Waals surface area contributed by atoms with E-state index in [0.717, 1.165) is 35.5 Å². The molecule has 258 valence electrons. The molecule has 0 saturated heterocycles. The highest BCUT2D eigenvalue weighted by Gasteiger charge is 2.33. The molecule has 0 spiro atoms. The van der Waals surface area contributed by atoms with Crippen LogP contribution in [0.3, 0.4) is 0 Å². The van der Waals surface area contributed by atoms with Crippen LogP contribution >= 0.6 is 11.3 Å². The second kappa shape index (κ2) is 12.8. The second-order valence-corrected chi connectivity index (χ2v) is 16.2. The van der Waals surface area contributed by atoms with Crippen molar-refractivity contribution in [3.8, 4) is 5.69 Å². The molecule has 10 rings (SSSR count). The highest BCUT2D eigenvalue weighted by Crippen LogP contribution is 2.48. The summed E-state index contributed by atoms with van der Waals surface area (Å²) in [5.41, 5.74) is 14.1. The third-order valence-corrected chi connectivity index (χ3v) is 12.7. The standard InChI is InChI=1S/C49H41N3S/c1-30-24-25-39-42-29-36(38-21-13-22-41-40-20-10-11-23-44(40)53-48(38)41)27-31(2)47(42)52(43(39)26-30)37-19-12-18-35(28-37)49-50-45(33-14-6-4-7-15-33)32(3)46(51-49)34-16-8-5-9-17-34/h4-25,28-32,45H,26-27H2,1-3H3. The first-order valence-electron chi connectivity index (χ1n) is 19.0. The number of allylic oxidation sites excluding steroid dienone is 2. The van der Waals surface area contributed by atoms with E-state index in [0.29, 0.717) is 11.8 Å². The molecule has 4 unspecified atom stereocenters. The Balaban J connectivity index is 1.12. The number of thiophene rings is 1. The minimum atomic E-state index is -0.0189. The molecule has 0 bridgehead atoms. The number of benzene rings is 5. The Morgan fingerprint density at radius 2 is 1.43 bits per heavy atom. The van der Waals surface area contributed by atoms with Gasteiger partial charge in [0.05, 0.1) is 11.8 Å². The van der Waals surface area contributed by atoms with E-state index in [1.165, 1.54) is 65.1 Å². The predicted molar refractivity (Wildman–Crippen MR) is 226 cm³/mol. The van der Waals surface area contributed by atoms with Gasteiger partial charge in [-0.15, -0.1) is 11.3 Å². The summed E-state index contributed by atoms with van der Waals surface area (Å²) in [6, 6.07) is 46.0. The zero-order valence-electron chi connectivity index (χ0n) is 30.3. The van der Waals surface area contributed by atoms with Crippen molar-refractivity contribution in [1.29, 1.82) is 0 Å². The molecular formula is C49H41N3S. The fourth-order valence-electron chi connectivity index (χ4n) is 8.99. The SMILES string of the molecule is CC1C=Cc2c3c(n(-c4cccc(C5=NC(c6ccccc6)C(C)C(c6ccccc6)=N5)c4)c2C1)C(C)CC(c1cccc2c1sc1ccccc12)=C3. The minimum Gasteiger partial charge on any atom is -0.316 e. The van der Waals surface area contributed by atoms with Crippen LogP contribution in [0.5, 0.6) is 0 Å². The van der Waals surface area contributed by atoms with Crippen molar-refractivity contribution in [2.45, 2.75) is 45.6 Å². The molecule has 0 amide bonds. The van der Waals surface area contributed by atoms with E-state index in [9.17, 15) is 0 Å². The lowest BCUT2D eigenvalue weighted by molar-refractivity contribution is 0.592. The zero-order chi connectivity index (χ0) is 35.6. The molecule has 0 radical (unpaired) electrons. The third-order valence-electron chi connectivity index (χ3n) is 11.5. The van der Waals surface area contributed by atoms with Gasteiger partial charge in [0.2, 0.25) is 0 Å². The van der Waals surface area contributed by atoms with Crippen molar-refractivity contribution < 1.29 is 0 Å². The number of aliphatic imine (C=N–C) groups is 2. The summed E-state index contributed by atoms with van der Waals surface area (Å²) in [5.74, 6) is 1.75. The van der Waals surface area contributed by atoms with Crippen LogP contribution in [0, 0.1) is 11.8 Å². The number of hydrogen-bond acceptors (Lipinski definition) is 3. The molecule has 2 aliphatic carbocycles. The van der Waals surface area contributed by atoms with E-state index in [2.05, 4.69) is 171 Å². The number of nitrogens with zero attached hydrogens (tertiary/aromatic N) is 3. The molecule has 3 nitrogen and oxygen atoms in total. The van der Waals surface area contributed by atoms with Crippen molar-refractivity contribution in [2.24, 2.45) is 21.8 Å². The van der Waals surface area contributed by atoms with Crippen LogP contribution in [-0.2, 0) is 6.42 Å². The Bertz CT molecular complexity index is 2670. The maximum atomic E-state index is 5.39. The maximum absolute atomic E-state index is 5.39. The van der Waals surface area contributed by atoms with Gasteiger partial charge in [0.25, 0.3) is 0 Å². The first-order valence-corrected chi connectivity index (χ1v) is 19.8. The molecule has 0 saturated carbocycles. The smallest absolute Gasteiger partial charge is 0.155 e. The lowest BCUT2D eigenvalue weighted by Gasteiger charge is -2.28. The summed E-state index contributed by atoms with van der Waals surface area (Å²) >= 11 is 1.93. The van der Waals surface area contributed by atoms with Gasteiger partial charge in [-0.2, -0.15) is 0 Å². The molecular weight excluding hydrogens is 663 g/mol. The van der Waals surface area contributed by atoms with Crippen molar-refractivity contribution in [3.63, 3.8) is 0 Å². The van der Waals surface area contributed by atoms with Crippen LogP contribution in [0.15, 0.2) is 143 Å². The lowest BCUT2D eigenvalue weighted by atomic mass is 9.83. The van der Waals surface area contributed by atoms with Gasteiger partial charge in [-0.05, 0) is 65.3 Å². The molecule has 1 aliphatic heterocycles. The number of fused-ring (bicyclic) bond motifs is 6. The molecule has 3 heterocycles. The van der Waals surface area contributed by atoms with Crippen molar-refractivity contribution in [2.75, 3.05) is 0 Å². The van der Waals surface area contributed by atoms with Crippen LogP contribution in [0.4, 0.5) is 0 Å². The van der Waals surface area contributed by atoms with E-state index in [1.807, 2.05) is 11.3 Å².